The lowest BCUT2D eigenvalue weighted by molar-refractivity contribution is -0.140. The van der Waals surface area contributed by atoms with Gasteiger partial charge in [-0.05, 0) is 53.4 Å². The Hall–Kier alpha value is -1.61. The van der Waals surface area contributed by atoms with E-state index in [2.05, 4.69) is 15.9 Å². The maximum atomic E-state index is 13.0. The van der Waals surface area contributed by atoms with Crippen LogP contribution < -0.4 is 4.74 Å². The number of rotatable bonds is 6. The van der Waals surface area contributed by atoms with Crippen LogP contribution in [0.4, 0.5) is 0 Å². The van der Waals surface area contributed by atoms with E-state index in [1.807, 2.05) is 0 Å². The maximum absolute atomic E-state index is 13.0. The molecule has 1 aliphatic heterocycles. The summed E-state index contributed by atoms with van der Waals surface area (Å²) in [6, 6.07) is 4.60. The Bertz CT molecular complexity index is 866. The van der Waals surface area contributed by atoms with Crippen LogP contribution >= 0.6 is 15.9 Å². The van der Waals surface area contributed by atoms with Crippen molar-refractivity contribution in [1.82, 2.24) is 4.90 Å². The van der Waals surface area contributed by atoms with Crippen molar-refractivity contribution in [2.45, 2.75) is 50.6 Å². The summed E-state index contributed by atoms with van der Waals surface area (Å²) in [4.78, 5) is 27.2. The van der Waals surface area contributed by atoms with Gasteiger partial charge in [0.1, 0.15) is 5.75 Å². The van der Waals surface area contributed by atoms with E-state index in [1.54, 1.807) is 23.1 Å². The van der Waals surface area contributed by atoms with Crippen LogP contribution in [0.3, 0.4) is 0 Å². The van der Waals surface area contributed by atoms with Crippen molar-refractivity contribution in [2.75, 3.05) is 25.2 Å². The predicted molar refractivity (Wildman–Crippen MR) is 112 cm³/mol. The molecule has 1 heterocycles. The smallest absolute Gasteiger partial charge is 0.339 e. The zero-order valence-electron chi connectivity index (χ0n) is 16.4. The molecule has 1 saturated heterocycles. The number of carbonyl (C=O) groups is 2. The Morgan fingerprint density at radius 3 is 2.48 bits per heavy atom. The summed E-state index contributed by atoms with van der Waals surface area (Å²) in [5, 5.41) is 0. The molecule has 0 aromatic heterocycles. The molecule has 1 atom stereocenters. The van der Waals surface area contributed by atoms with E-state index in [4.69, 9.17) is 9.47 Å². The zero-order chi connectivity index (χ0) is 21.0. The molecule has 0 spiro atoms. The van der Waals surface area contributed by atoms with Gasteiger partial charge in [0.05, 0.1) is 24.2 Å². The number of halogens is 1. The number of sulfone groups is 1. The fourth-order valence-corrected chi connectivity index (χ4v) is 6.25. The predicted octanol–water partition coefficient (Wildman–Crippen LogP) is 2.96. The lowest BCUT2D eigenvalue weighted by atomic mass is 9.93. The summed E-state index contributed by atoms with van der Waals surface area (Å²) in [5.41, 5.74) is 0.268. The van der Waals surface area contributed by atoms with Crippen LogP contribution in [0.1, 0.15) is 48.9 Å². The second kappa shape index (κ2) is 9.47. The molecule has 9 heteroatoms. The van der Waals surface area contributed by atoms with Gasteiger partial charge in [-0.15, -0.1) is 0 Å². The number of ether oxygens (including phenoxy) is 2. The first-order valence-electron chi connectivity index (χ1n) is 9.83. The Balaban J connectivity index is 1.70. The quantitative estimate of drug-likeness (QED) is 0.572. The van der Waals surface area contributed by atoms with Gasteiger partial charge in [-0.2, -0.15) is 0 Å². The van der Waals surface area contributed by atoms with Crippen molar-refractivity contribution in [3.8, 4) is 5.75 Å². The molecule has 7 nitrogen and oxygen atoms in total. The third-order valence-corrected chi connectivity index (χ3v) is 8.02. The minimum Gasteiger partial charge on any atom is -0.497 e. The molecule has 160 valence electrons. The first-order chi connectivity index (χ1) is 13.8. The molecule has 1 saturated carbocycles. The van der Waals surface area contributed by atoms with Crippen molar-refractivity contribution >= 4 is 37.6 Å². The van der Waals surface area contributed by atoms with Gasteiger partial charge in [0.2, 0.25) is 0 Å². The highest BCUT2D eigenvalue weighted by Gasteiger charge is 2.38. The van der Waals surface area contributed by atoms with Gasteiger partial charge < -0.3 is 14.4 Å². The summed E-state index contributed by atoms with van der Waals surface area (Å²) in [5.74, 6) is -0.361. The van der Waals surface area contributed by atoms with E-state index in [9.17, 15) is 18.0 Å². The Labute approximate surface area is 179 Å². The van der Waals surface area contributed by atoms with Crippen LogP contribution in [-0.4, -0.2) is 62.5 Å². The molecule has 2 fully saturated rings. The molecule has 29 heavy (non-hydrogen) atoms. The number of hydrogen-bond acceptors (Lipinski definition) is 6. The third-order valence-electron chi connectivity index (χ3n) is 5.58. The van der Waals surface area contributed by atoms with Crippen LogP contribution in [0.25, 0.3) is 0 Å². The summed E-state index contributed by atoms with van der Waals surface area (Å²) < 4.78 is 34.9. The van der Waals surface area contributed by atoms with Gasteiger partial charge in [0.15, 0.2) is 16.4 Å². The van der Waals surface area contributed by atoms with Gasteiger partial charge in [-0.1, -0.05) is 19.3 Å². The molecule has 0 N–H and O–H groups in total. The molecule has 1 aliphatic carbocycles. The highest BCUT2D eigenvalue weighted by Crippen LogP contribution is 2.29. The fraction of sp³-hybridized carbons (Fsp3) is 0.600. The zero-order valence-corrected chi connectivity index (χ0v) is 18.8. The van der Waals surface area contributed by atoms with E-state index in [0.29, 0.717) is 16.6 Å². The Kier molecular flexibility index (Phi) is 7.21. The topological polar surface area (TPSA) is 90.0 Å². The summed E-state index contributed by atoms with van der Waals surface area (Å²) in [6.07, 6.45) is 5.32. The number of esters is 1. The highest BCUT2D eigenvalue weighted by atomic mass is 79.9. The number of carbonyl (C=O) groups excluding carboxylic acids is 2. The Morgan fingerprint density at radius 2 is 1.86 bits per heavy atom. The van der Waals surface area contributed by atoms with Gasteiger partial charge in [-0.25, -0.2) is 13.2 Å². The molecule has 3 rings (SSSR count). The van der Waals surface area contributed by atoms with Gasteiger partial charge in [0, 0.05) is 16.6 Å². The van der Waals surface area contributed by atoms with E-state index in [0.717, 1.165) is 32.1 Å². The SMILES string of the molecule is COc1ccc(Br)c(C(=O)OCC(=O)N(C2CCCCC2)C2CCS(=O)(=O)C2)c1. The third kappa shape index (κ3) is 5.51. The van der Waals surface area contributed by atoms with Crippen LogP contribution in [-0.2, 0) is 19.4 Å². The lowest BCUT2D eigenvalue weighted by Crippen LogP contribution is -2.50. The van der Waals surface area contributed by atoms with Crippen molar-refractivity contribution in [3.63, 3.8) is 0 Å². The molecule has 0 radical (unpaired) electrons. The number of nitrogens with zero attached hydrogens (tertiary/aromatic N) is 1. The van der Waals surface area contributed by atoms with Crippen molar-refractivity contribution < 1.29 is 27.5 Å². The molecule has 1 unspecified atom stereocenters. The minimum absolute atomic E-state index is 0.00931. The molecular weight excluding hydrogens is 462 g/mol. The summed E-state index contributed by atoms with van der Waals surface area (Å²) >= 11 is 3.31. The van der Waals surface area contributed by atoms with E-state index in [1.165, 1.54) is 7.11 Å². The first-order valence-corrected chi connectivity index (χ1v) is 12.4. The van der Waals surface area contributed by atoms with E-state index >= 15 is 0 Å². The number of benzene rings is 1. The second-order valence-electron chi connectivity index (χ2n) is 7.57. The van der Waals surface area contributed by atoms with Gasteiger partial charge in [0.25, 0.3) is 5.91 Å². The molecule has 0 bridgehead atoms. The number of amides is 1. The van der Waals surface area contributed by atoms with Crippen molar-refractivity contribution in [2.24, 2.45) is 0 Å². The summed E-state index contributed by atoms with van der Waals surface area (Å²) in [7, 11) is -1.62. The first kappa shape index (κ1) is 22.1. The normalized spacial score (nSPS) is 21.5. The average molecular weight is 488 g/mol. The van der Waals surface area contributed by atoms with Gasteiger partial charge >= 0.3 is 5.97 Å². The van der Waals surface area contributed by atoms with Crippen molar-refractivity contribution in [1.29, 1.82) is 0 Å². The second-order valence-corrected chi connectivity index (χ2v) is 10.7. The molecule has 1 amide bonds. The van der Waals surface area contributed by atoms with Crippen molar-refractivity contribution in [3.05, 3.63) is 28.2 Å². The largest absolute Gasteiger partial charge is 0.497 e. The maximum Gasteiger partial charge on any atom is 0.339 e. The number of hydrogen-bond donors (Lipinski definition) is 0. The fourth-order valence-electron chi connectivity index (χ4n) is 4.13. The molecular formula is C20H26BrNO6S. The van der Waals surface area contributed by atoms with Crippen LogP contribution in [0.5, 0.6) is 5.75 Å². The lowest BCUT2D eigenvalue weighted by Gasteiger charge is -2.38. The molecule has 2 aliphatic rings. The van der Waals surface area contributed by atoms with Crippen LogP contribution in [0.15, 0.2) is 22.7 Å². The highest BCUT2D eigenvalue weighted by molar-refractivity contribution is 9.10. The monoisotopic (exact) mass is 487 g/mol. The van der Waals surface area contributed by atoms with Crippen LogP contribution in [0.2, 0.25) is 0 Å². The standard InChI is InChI=1S/C20H26BrNO6S/c1-27-16-7-8-18(21)17(11-16)20(24)28-12-19(23)22(14-5-3-2-4-6-14)15-9-10-29(25,26)13-15/h7-8,11,14-15H,2-6,9-10,12-13H2,1H3. The summed E-state index contributed by atoms with van der Waals surface area (Å²) in [6.45, 7) is -0.407. The van der Waals surface area contributed by atoms with Gasteiger partial charge in [-0.3, -0.25) is 4.79 Å². The minimum atomic E-state index is -3.12. The van der Waals surface area contributed by atoms with E-state index < -0.39 is 22.4 Å². The molecule has 1 aromatic rings. The Morgan fingerprint density at radius 1 is 1.14 bits per heavy atom. The van der Waals surface area contributed by atoms with Crippen LogP contribution in [0, 0.1) is 0 Å². The van der Waals surface area contributed by atoms with E-state index in [-0.39, 0.29) is 35.1 Å². The number of methoxy groups -OCH3 is 1. The average Bonchev–Trinajstić information content (AvgIpc) is 3.06. The molecule has 1 aromatic carbocycles.